The van der Waals surface area contributed by atoms with Crippen molar-refractivity contribution >= 4 is 5.97 Å². The van der Waals surface area contributed by atoms with E-state index in [4.69, 9.17) is 5.11 Å². The van der Waals surface area contributed by atoms with Gasteiger partial charge in [0.1, 0.15) is 0 Å². The first kappa shape index (κ1) is 10.0. The summed E-state index contributed by atoms with van der Waals surface area (Å²) in [5.41, 5.74) is 0.188. The van der Waals surface area contributed by atoms with Crippen LogP contribution in [0.5, 0.6) is 0 Å². The molecule has 0 aromatic heterocycles. The third-order valence-corrected chi connectivity index (χ3v) is 4.12. The van der Waals surface area contributed by atoms with Crippen LogP contribution in [0.1, 0.15) is 51.9 Å². The lowest BCUT2D eigenvalue weighted by molar-refractivity contribution is -0.141. The molecule has 2 aliphatic rings. The van der Waals surface area contributed by atoms with Gasteiger partial charge in [-0.15, -0.1) is 0 Å². The van der Waals surface area contributed by atoms with E-state index in [2.05, 4.69) is 6.92 Å². The molecule has 2 fully saturated rings. The number of carboxylic acid groups (broad SMARTS) is 1. The van der Waals surface area contributed by atoms with Crippen molar-refractivity contribution in [1.82, 2.24) is 0 Å². The van der Waals surface area contributed by atoms with Crippen LogP contribution in [0, 0.1) is 17.3 Å². The lowest BCUT2D eigenvalue weighted by atomic mass is 9.62. The SMILES string of the molecule is CC(CC1(CC(=O)O)CCC1)C1CC1. The van der Waals surface area contributed by atoms with Gasteiger partial charge in [-0.3, -0.25) is 4.79 Å². The Morgan fingerprint density at radius 1 is 1.50 bits per heavy atom. The molecule has 0 saturated heterocycles. The number of carboxylic acids is 1. The minimum Gasteiger partial charge on any atom is -0.481 e. The van der Waals surface area contributed by atoms with Crippen molar-refractivity contribution in [1.29, 1.82) is 0 Å². The predicted molar refractivity (Wildman–Crippen MR) is 55.0 cm³/mol. The van der Waals surface area contributed by atoms with Crippen molar-refractivity contribution in [2.45, 2.75) is 51.9 Å². The summed E-state index contributed by atoms with van der Waals surface area (Å²) in [6, 6.07) is 0. The molecule has 2 saturated carbocycles. The van der Waals surface area contributed by atoms with E-state index in [1.54, 1.807) is 0 Å². The second-order valence-corrected chi connectivity index (χ2v) is 5.44. The monoisotopic (exact) mass is 196 g/mol. The van der Waals surface area contributed by atoms with Crippen molar-refractivity contribution in [3.8, 4) is 0 Å². The Kier molecular flexibility index (Phi) is 2.54. The first-order chi connectivity index (χ1) is 6.61. The van der Waals surface area contributed by atoms with E-state index < -0.39 is 5.97 Å². The summed E-state index contributed by atoms with van der Waals surface area (Å²) in [5.74, 6) is 1.07. The maximum atomic E-state index is 10.8. The number of hydrogen-bond donors (Lipinski definition) is 1. The summed E-state index contributed by atoms with van der Waals surface area (Å²) in [4.78, 5) is 10.8. The van der Waals surface area contributed by atoms with Gasteiger partial charge in [0, 0.05) is 0 Å². The minimum atomic E-state index is -0.604. The standard InChI is InChI=1S/C12H20O2/c1-9(10-3-4-10)7-12(5-2-6-12)8-11(13)14/h9-10H,2-8H2,1H3,(H,13,14). The molecular weight excluding hydrogens is 176 g/mol. The summed E-state index contributed by atoms with van der Waals surface area (Å²) in [6.45, 7) is 2.31. The van der Waals surface area contributed by atoms with Gasteiger partial charge in [-0.25, -0.2) is 0 Å². The van der Waals surface area contributed by atoms with Gasteiger partial charge in [0.05, 0.1) is 6.42 Å². The van der Waals surface area contributed by atoms with Crippen molar-refractivity contribution in [2.24, 2.45) is 17.3 Å². The van der Waals surface area contributed by atoms with Crippen LogP contribution in [0.3, 0.4) is 0 Å². The summed E-state index contributed by atoms with van der Waals surface area (Å²) in [7, 11) is 0. The summed E-state index contributed by atoms with van der Waals surface area (Å²) in [5, 5.41) is 8.88. The van der Waals surface area contributed by atoms with Gasteiger partial charge >= 0.3 is 5.97 Å². The van der Waals surface area contributed by atoms with Crippen LogP contribution < -0.4 is 0 Å². The molecule has 0 bridgehead atoms. The third kappa shape index (κ3) is 2.10. The zero-order chi connectivity index (χ0) is 10.2. The highest BCUT2D eigenvalue weighted by Gasteiger charge is 2.42. The van der Waals surface area contributed by atoms with E-state index in [9.17, 15) is 4.79 Å². The molecule has 0 radical (unpaired) electrons. The Balaban J connectivity index is 1.87. The van der Waals surface area contributed by atoms with Gasteiger partial charge in [-0.05, 0) is 49.4 Å². The second kappa shape index (κ2) is 3.56. The maximum absolute atomic E-state index is 10.8. The molecule has 2 nitrogen and oxygen atoms in total. The average Bonchev–Trinajstić information content (AvgIpc) is 2.80. The Bertz CT molecular complexity index is 226. The van der Waals surface area contributed by atoms with Crippen LogP contribution in [0.4, 0.5) is 0 Å². The van der Waals surface area contributed by atoms with Crippen molar-refractivity contribution in [3.63, 3.8) is 0 Å². The first-order valence-corrected chi connectivity index (χ1v) is 5.83. The van der Waals surface area contributed by atoms with E-state index in [0.717, 1.165) is 31.1 Å². The van der Waals surface area contributed by atoms with Gasteiger partial charge in [0.25, 0.3) is 0 Å². The zero-order valence-corrected chi connectivity index (χ0v) is 8.96. The Morgan fingerprint density at radius 3 is 2.50 bits per heavy atom. The molecule has 1 N–H and O–H groups in total. The van der Waals surface area contributed by atoms with Gasteiger partial charge in [-0.1, -0.05) is 13.3 Å². The number of hydrogen-bond acceptors (Lipinski definition) is 1. The fourth-order valence-corrected chi connectivity index (χ4v) is 2.97. The van der Waals surface area contributed by atoms with Crippen LogP contribution in [-0.2, 0) is 4.79 Å². The first-order valence-electron chi connectivity index (χ1n) is 5.83. The quantitative estimate of drug-likeness (QED) is 0.733. The van der Waals surface area contributed by atoms with E-state index >= 15 is 0 Å². The summed E-state index contributed by atoms with van der Waals surface area (Å²) < 4.78 is 0. The summed E-state index contributed by atoms with van der Waals surface area (Å²) in [6.07, 6.45) is 7.86. The molecule has 0 spiro atoms. The van der Waals surface area contributed by atoms with Crippen LogP contribution in [0.15, 0.2) is 0 Å². The average molecular weight is 196 g/mol. The lowest BCUT2D eigenvalue weighted by Gasteiger charge is -2.42. The Morgan fingerprint density at radius 2 is 2.14 bits per heavy atom. The Labute approximate surface area is 85.7 Å². The Hall–Kier alpha value is -0.530. The number of carbonyl (C=O) groups is 1. The largest absolute Gasteiger partial charge is 0.481 e. The molecule has 1 unspecified atom stereocenters. The van der Waals surface area contributed by atoms with Gasteiger partial charge in [-0.2, -0.15) is 0 Å². The van der Waals surface area contributed by atoms with Crippen LogP contribution in [0.25, 0.3) is 0 Å². The fourth-order valence-electron chi connectivity index (χ4n) is 2.97. The highest BCUT2D eigenvalue weighted by atomic mass is 16.4. The number of aliphatic carboxylic acids is 1. The summed E-state index contributed by atoms with van der Waals surface area (Å²) >= 11 is 0. The van der Waals surface area contributed by atoms with Crippen LogP contribution >= 0.6 is 0 Å². The molecule has 0 heterocycles. The molecule has 2 aliphatic carbocycles. The van der Waals surface area contributed by atoms with Gasteiger partial charge in [0.2, 0.25) is 0 Å². The van der Waals surface area contributed by atoms with Crippen molar-refractivity contribution in [3.05, 3.63) is 0 Å². The highest BCUT2D eigenvalue weighted by molar-refractivity contribution is 5.67. The molecule has 0 aromatic carbocycles. The molecule has 14 heavy (non-hydrogen) atoms. The van der Waals surface area contributed by atoms with E-state index in [1.165, 1.54) is 19.3 Å². The van der Waals surface area contributed by atoms with Crippen molar-refractivity contribution < 1.29 is 9.90 Å². The normalized spacial score (nSPS) is 26.6. The maximum Gasteiger partial charge on any atom is 0.303 e. The zero-order valence-electron chi connectivity index (χ0n) is 8.96. The molecule has 1 atom stereocenters. The molecule has 80 valence electrons. The molecule has 0 aliphatic heterocycles. The molecule has 0 aromatic rings. The smallest absolute Gasteiger partial charge is 0.303 e. The fraction of sp³-hybridized carbons (Fsp3) is 0.917. The molecule has 2 rings (SSSR count). The third-order valence-electron chi connectivity index (χ3n) is 4.12. The molecule has 0 amide bonds. The topological polar surface area (TPSA) is 37.3 Å². The van der Waals surface area contributed by atoms with Crippen LogP contribution in [0.2, 0.25) is 0 Å². The molecular formula is C12H20O2. The van der Waals surface area contributed by atoms with Crippen LogP contribution in [-0.4, -0.2) is 11.1 Å². The lowest BCUT2D eigenvalue weighted by Crippen LogP contribution is -2.34. The number of rotatable bonds is 5. The van der Waals surface area contributed by atoms with E-state index in [0.29, 0.717) is 6.42 Å². The van der Waals surface area contributed by atoms with Crippen molar-refractivity contribution in [2.75, 3.05) is 0 Å². The second-order valence-electron chi connectivity index (χ2n) is 5.44. The predicted octanol–water partition coefficient (Wildman–Crippen LogP) is 3.07. The van der Waals surface area contributed by atoms with Gasteiger partial charge in [0.15, 0.2) is 0 Å². The minimum absolute atomic E-state index is 0.188. The van der Waals surface area contributed by atoms with Gasteiger partial charge < -0.3 is 5.11 Å². The molecule has 2 heteroatoms. The van der Waals surface area contributed by atoms with E-state index in [-0.39, 0.29) is 5.41 Å². The van der Waals surface area contributed by atoms with E-state index in [1.807, 2.05) is 0 Å². The highest BCUT2D eigenvalue weighted by Crippen LogP contribution is 2.52.